The van der Waals surface area contributed by atoms with E-state index in [1.165, 1.54) is 12.1 Å². The third-order valence-electron chi connectivity index (χ3n) is 3.44. The highest BCUT2D eigenvalue weighted by molar-refractivity contribution is 5.86. The van der Waals surface area contributed by atoms with Crippen LogP contribution in [0.1, 0.15) is 48.7 Å². The summed E-state index contributed by atoms with van der Waals surface area (Å²) in [6.45, 7) is 4.05. The van der Waals surface area contributed by atoms with Crippen molar-refractivity contribution in [3.8, 4) is 11.3 Å². The Morgan fingerprint density at radius 2 is 2.05 bits per heavy atom. The van der Waals surface area contributed by atoms with Gasteiger partial charge in [0.2, 0.25) is 0 Å². The molecule has 0 atom stereocenters. The maximum atomic E-state index is 14.1. The highest BCUT2D eigenvalue weighted by Gasteiger charge is 2.16. The summed E-state index contributed by atoms with van der Waals surface area (Å²) >= 11 is 0. The SMILES string of the molecule is CCC(CC)c1ccc(-c2cc(C(=O)O)no2)cc1F. The van der Waals surface area contributed by atoms with Crippen LogP contribution in [0.5, 0.6) is 0 Å². The minimum absolute atomic E-state index is 0.188. The summed E-state index contributed by atoms with van der Waals surface area (Å²) < 4.78 is 19.1. The molecule has 0 spiro atoms. The van der Waals surface area contributed by atoms with Crippen molar-refractivity contribution in [1.82, 2.24) is 5.16 Å². The fourth-order valence-corrected chi connectivity index (χ4v) is 2.25. The Morgan fingerprint density at radius 3 is 2.55 bits per heavy atom. The Kier molecular flexibility index (Phi) is 4.17. The smallest absolute Gasteiger partial charge is 0.358 e. The first kappa shape index (κ1) is 14.2. The number of nitrogens with zero attached hydrogens (tertiary/aromatic N) is 1. The maximum Gasteiger partial charge on any atom is 0.358 e. The molecular weight excluding hydrogens is 261 g/mol. The predicted octanol–water partition coefficient (Wildman–Crippen LogP) is 4.08. The van der Waals surface area contributed by atoms with Crippen LogP contribution in [0.25, 0.3) is 11.3 Å². The average Bonchev–Trinajstić information content (AvgIpc) is 2.91. The van der Waals surface area contributed by atoms with Crippen LogP contribution in [-0.2, 0) is 0 Å². The van der Waals surface area contributed by atoms with Gasteiger partial charge in [-0.15, -0.1) is 0 Å². The normalized spacial score (nSPS) is 11.0. The van der Waals surface area contributed by atoms with Crippen molar-refractivity contribution in [2.75, 3.05) is 0 Å². The van der Waals surface area contributed by atoms with Crippen LogP contribution in [0.4, 0.5) is 4.39 Å². The van der Waals surface area contributed by atoms with Crippen LogP contribution >= 0.6 is 0 Å². The highest BCUT2D eigenvalue weighted by Crippen LogP contribution is 2.29. The Morgan fingerprint density at radius 1 is 1.35 bits per heavy atom. The number of hydrogen-bond acceptors (Lipinski definition) is 3. The Hall–Kier alpha value is -2.17. The number of carbonyl (C=O) groups is 1. The number of aromatic carboxylic acids is 1. The molecule has 0 aliphatic carbocycles. The van der Waals surface area contributed by atoms with Gasteiger partial charge in [0, 0.05) is 11.6 Å². The van der Waals surface area contributed by atoms with E-state index in [9.17, 15) is 9.18 Å². The number of carboxylic acids is 1. The minimum atomic E-state index is -1.17. The van der Waals surface area contributed by atoms with E-state index in [1.54, 1.807) is 12.1 Å². The van der Waals surface area contributed by atoms with Crippen molar-refractivity contribution in [3.63, 3.8) is 0 Å². The third-order valence-corrected chi connectivity index (χ3v) is 3.44. The molecule has 0 saturated carbocycles. The van der Waals surface area contributed by atoms with Crippen LogP contribution in [-0.4, -0.2) is 16.2 Å². The molecule has 2 aromatic rings. The summed E-state index contributed by atoms with van der Waals surface area (Å²) in [6.07, 6.45) is 1.75. The van der Waals surface area contributed by atoms with Gasteiger partial charge >= 0.3 is 5.97 Å². The number of benzene rings is 1. The second-order valence-electron chi connectivity index (χ2n) is 4.63. The van der Waals surface area contributed by atoms with Gasteiger partial charge in [-0.3, -0.25) is 0 Å². The molecule has 0 radical (unpaired) electrons. The highest BCUT2D eigenvalue weighted by atomic mass is 19.1. The Bertz CT molecular complexity index is 617. The zero-order valence-electron chi connectivity index (χ0n) is 11.4. The van der Waals surface area contributed by atoms with Crippen LogP contribution < -0.4 is 0 Å². The van der Waals surface area contributed by atoms with Gasteiger partial charge in [-0.05, 0) is 30.4 Å². The molecule has 5 heteroatoms. The monoisotopic (exact) mass is 277 g/mol. The van der Waals surface area contributed by atoms with Crippen molar-refractivity contribution in [2.24, 2.45) is 0 Å². The van der Waals surface area contributed by atoms with Crippen molar-refractivity contribution in [1.29, 1.82) is 0 Å². The van der Waals surface area contributed by atoms with Crippen LogP contribution in [0.3, 0.4) is 0 Å². The van der Waals surface area contributed by atoms with Crippen molar-refractivity contribution in [2.45, 2.75) is 32.6 Å². The molecule has 1 heterocycles. The van der Waals surface area contributed by atoms with Crippen LogP contribution in [0.15, 0.2) is 28.8 Å². The van der Waals surface area contributed by atoms with E-state index in [1.807, 2.05) is 13.8 Å². The molecule has 1 aromatic heterocycles. The summed E-state index contributed by atoms with van der Waals surface area (Å²) in [6, 6.07) is 6.10. The fourth-order valence-electron chi connectivity index (χ4n) is 2.25. The molecule has 20 heavy (non-hydrogen) atoms. The molecule has 2 rings (SSSR count). The molecule has 0 aliphatic rings. The van der Waals surface area contributed by atoms with Crippen molar-refractivity contribution < 1.29 is 18.8 Å². The van der Waals surface area contributed by atoms with E-state index in [4.69, 9.17) is 9.63 Å². The first-order valence-electron chi connectivity index (χ1n) is 6.56. The lowest BCUT2D eigenvalue weighted by molar-refractivity contribution is 0.0686. The number of hydrogen-bond donors (Lipinski definition) is 1. The van der Waals surface area contributed by atoms with Gasteiger partial charge in [-0.1, -0.05) is 31.1 Å². The number of halogens is 1. The lowest BCUT2D eigenvalue weighted by Gasteiger charge is -2.14. The molecule has 0 bridgehead atoms. The van der Waals surface area contributed by atoms with Gasteiger partial charge in [-0.2, -0.15) is 0 Å². The topological polar surface area (TPSA) is 63.3 Å². The van der Waals surface area contributed by atoms with E-state index in [-0.39, 0.29) is 23.2 Å². The number of carboxylic acid groups (broad SMARTS) is 1. The predicted molar refractivity (Wildman–Crippen MR) is 72.2 cm³/mol. The lowest BCUT2D eigenvalue weighted by Crippen LogP contribution is -1.99. The van der Waals surface area contributed by atoms with Gasteiger partial charge in [0.25, 0.3) is 0 Å². The number of aromatic nitrogens is 1. The fraction of sp³-hybridized carbons (Fsp3) is 0.333. The van der Waals surface area contributed by atoms with E-state index >= 15 is 0 Å². The van der Waals surface area contributed by atoms with Gasteiger partial charge in [0.15, 0.2) is 11.5 Å². The maximum absolute atomic E-state index is 14.1. The van der Waals surface area contributed by atoms with Gasteiger partial charge in [0.1, 0.15) is 5.82 Å². The van der Waals surface area contributed by atoms with Gasteiger partial charge < -0.3 is 9.63 Å². The Balaban J connectivity index is 2.34. The van der Waals surface area contributed by atoms with Crippen LogP contribution in [0, 0.1) is 5.82 Å². The molecule has 0 amide bonds. The summed E-state index contributed by atoms with van der Waals surface area (Å²) in [4.78, 5) is 10.7. The van der Waals surface area contributed by atoms with E-state index < -0.39 is 5.97 Å². The minimum Gasteiger partial charge on any atom is -0.476 e. The molecule has 0 saturated heterocycles. The zero-order valence-corrected chi connectivity index (χ0v) is 11.4. The van der Waals surface area contributed by atoms with E-state index in [0.717, 1.165) is 12.8 Å². The molecule has 0 fully saturated rings. The largest absolute Gasteiger partial charge is 0.476 e. The third kappa shape index (κ3) is 2.71. The van der Waals surface area contributed by atoms with Crippen molar-refractivity contribution in [3.05, 3.63) is 41.3 Å². The summed E-state index contributed by atoms with van der Waals surface area (Å²) in [5.74, 6) is -1.04. The standard InChI is InChI=1S/C15H16FNO3/c1-3-9(4-2)11-6-5-10(7-12(11)16)14-8-13(15(18)19)17-20-14/h5-9H,3-4H2,1-2H3,(H,18,19). The average molecular weight is 277 g/mol. The van der Waals surface area contributed by atoms with E-state index in [2.05, 4.69) is 5.16 Å². The molecule has 106 valence electrons. The molecule has 1 N–H and O–H groups in total. The summed E-state index contributed by atoms with van der Waals surface area (Å²) in [7, 11) is 0. The molecule has 0 unspecified atom stereocenters. The molecular formula is C15H16FNO3. The first-order valence-corrected chi connectivity index (χ1v) is 6.56. The molecule has 4 nitrogen and oxygen atoms in total. The van der Waals surface area contributed by atoms with Crippen LogP contribution in [0.2, 0.25) is 0 Å². The molecule has 0 aliphatic heterocycles. The number of rotatable bonds is 5. The second-order valence-corrected chi connectivity index (χ2v) is 4.63. The Labute approximate surface area is 116 Å². The lowest BCUT2D eigenvalue weighted by atomic mass is 9.92. The quantitative estimate of drug-likeness (QED) is 0.894. The molecule has 1 aromatic carbocycles. The van der Waals surface area contributed by atoms with Crippen molar-refractivity contribution >= 4 is 5.97 Å². The summed E-state index contributed by atoms with van der Waals surface area (Å²) in [5.41, 5.74) is 0.971. The van der Waals surface area contributed by atoms with E-state index in [0.29, 0.717) is 11.1 Å². The second kappa shape index (κ2) is 5.86. The zero-order chi connectivity index (χ0) is 14.7. The van der Waals surface area contributed by atoms with Gasteiger partial charge in [-0.25, -0.2) is 9.18 Å². The summed E-state index contributed by atoms with van der Waals surface area (Å²) in [5, 5.41) is 12.2. The first-order chi connectivity index (χ1) is 9.56. The van der Waals surface area contributed by atoms with Gasteiger partial charge in [0.05, 0.1) is 0 Å².